The number of nitrogens with one attached hydrogen (secondary N) is 1. The summed E-state index contributed by atoms with van der Waals surface area (Å²) in [5, 5.41) is 5.33. The molecule has 29 heavy (non-hydrogen) atoms. The predicted octanol–water partition coefficient (Wildman–Crippen LogP) is 1.37. The van der Waals surface area contributed by atoms with E-state index in [2.05, 4.69) is 5.32 Å². The minimum atomic E-state index is -3.62. The van der Waals surface area contributed by atoms with E-state index in [1.165, 1.54) is 10.4 Å². The maximum Gasteiger partial charge on any atom is 0.279 e. The molecule has 1 saturated heterocycles. The molecule has 1 heterocycles. The Bertz CT molecular complexity index is 975. The Labute approximate surface area is 176 Å². The first kappa shape index (κ1) is 21.7. The van der Waals surface area contributed by atoms with Gasteiger partial charge < -0.3 is 15.4 Å². The summed E-state index contributed by atoms with van der Waals surface area (Å²) in [5.41, 5.74) is 2.25. The lowest BCUT2D eigenvalue weighted by molar-refractivity contribution is -0.659. The molecule has 3 N–H and O–H groups in total. The molecule has 1 aliphatic rings. The molecule has 0 radical (unpaired) electrons. The third-order valence-electron chi connectivity index (χ3n) is 4.74. The van der Waals surface area contributed by atoms with E-state index in [9.17, 15) is 13.2 Å². The number of morpholine rings is 1. The van der Waals surface area contributed by atoms with Gasteiger partial charge in [0.1, 0.15) is 6.54 Å². The third kappa shape index (κ3) is 5.55. The molecule has 2 aromatic carbocycles. The molecule has 0 spiro atoms. The van der Waals surface area contributed by atoms with Crippen LogP contribution in [0.15, 0.2) is 47.4 Å². The van der Waals surface area contributed by atoms with Gasteiger partial charge in [0.2, 0.25) is 10.0 Å². The van der Waals surface area contributed by atoms with E-state index in [-0.39, 0.29) is 17.3 Å². The molecule has 0 atom stereocenters. The van der Waals surface area contributed by atoms with E-state index in [0.29, 0.717) is 43.6 Å². The molecule has 0 unspecified atom stereocenters. The van der Waals surface area contributed by atoms with Crippen molar-refractivity contribution < 1.29 is 23.3 Å². The minimum absolute atomic E-state index is 0.167. The van der Waals surface area contributed by atoms with Crippen molar-refractivity contribution in [1.82, 2.24) is 4.31 Å². The molecule has 0 bridgehead atoms. The van der Waals surface area contributed by atoms with Crippen molar-refractivity contribution in [2.45, 2.75) is 18.4 Å². The minimum Gasteiger partial charge on any atom is -0.379 e. The highest BCUT2D eigenvalue weighted by molar-refractivity contribution is 7.89. The highest BCUT2D eigenvalue weighted by Gasteiger charge is 2.26. The number of carbonyl (C=O) groups excluding carboxylic acids is 1. The molecule has 7 nitrogen and oxygen atoms in total. The molecule has 1 amide bonds. The van der Waals surface area contributed by atoms with Gasteiger partial charge in [0.15, 0.2) is 6.54 Å². The summed E-state index contributed by atoms with van der Waals surface area (Å²) >= 11 is 6.13. The third-order valence-corrected chi connectivity index (χ3v) is 7.01. The van der Waals surface area contributed by atoms with Crippen molar-refractivity contribution in [2.75, 3.05) is 38.2 Å². The van der Waals surface area contributed by atoms with Crippen LogP contribution in [0.25, 0.3) is 0 Å². The lowest BCUT2D eigenvalue weighted by Gasteiger charge is -2.26. The SMILES string of the molecule is Cc1ccc(S(=O)(=O)N2CCOCC2)cc1NC(=O)C[NH2+]Cc1ccccc1Cl. The molecule has 3 rings (SSSR count). The average Bonchev–Trinajstić information content (AvgIpc) is 2.71. The van der Waals surface area contributed by atoms with Gasteiger partial charge in [0.05, 0.1) is 18.1 Å². The molecular formula is C20H25ClN3O4S+. The summed E-state index contributed by atoms with van der Waals surface area (Å²) in [4.78, 5) is 12.5. The van der Waals surface area contributed by atoms with Gasteiger partial charge in [0.25, 0.3) is 5.91 Å². The number of sulfonamides is 1. The van der Waals surface area contributed by atoms with Gasteiger partial charge in [-0.2, -0.15) is 4.31 Å². The number of rotatable bonds is 7. The van der Waals surface area contributed by atoms with E-state index in [1.54, 1.807) is 12.1 Å². The Morgan fingerprint density at radius 2 is 1.93 bits per heavy atom. The zero-order chi connectivity index (χ0) is 20.9. The molecule has 0 saturated carbocycles. The second-order valence-electron chi connectivity index (χ2n) is 6.83. The van der Waals surface area contributed by atoms with Crippen LogP contribution in [0.2, 0.25) is 5.02 Å². The smallest absolute Gasteiger partial charge is 0.279 e. The van der Waals surface area contributed by atoms with E-state index in [0.717, 1.165) is 11.1 Å². The van der Waals surface area contributed by atoms with Crippen molar-refractivity contribution in [2.24, 2.45) is 0 Å². The molecule has 156 valence electrons. The highest BCUT2D eigenvalue weighted by atomic mass is 35.5. The Morgan fingerprint density at radius 1 is 1.21 bits per heavy atom. The van der Waals surface area contributed by atoms with Gasteiger partial charge >= 0.3 is 0 Å². The fraction of sp³-hybridized carbons (Fsp3) is 0.350. The van der Waals surface area contributed by atoms with Gasteiger partial charge in [-0.05, 0) is 30.7 Å². The second-order valence-corrected chi connectivity index (χ2v) is 9.17. The number of halogens is 1. The second kappa shape index (κ2) is 9.69. The lowest BCUT2D eigenvalue weighted by Crippen LogP contribution is -2.84. The summed E-state index contributed by atoms with van der Waals surface area (Å²) in [7, 11) is -3.62. The maximum atomic E-state index is 12.8. The fourth-order valence-electron chi connectivity index (χ4n) is 3.06. The number of aryl methyl sites for hydroxylation is 1. The number of ether oxygens (including phenoxy) is 1. The Morgan fingerprint density at radius 3 is 2.66 bits per heavy atom. The summed E-state index contributed by atoms with van der Waals surface area (Å²) in [5.74, 6) is -0.207. The predicted molar refractivity (Wildman–Crippen MR) is 111 cm³/mol. The number of carbonyl (C=O) groups is 1. The maximum absolute atomic E-state index is 12.8. The summed E-state index contributed by atoms with van der Waals surface area (Å²) in [6.45, 7) is 4.03. The van der Waals surface area contributed by atoms with Crippen molar-refractivity contribution >= 4 is 33.2 Å². The van der Waals surface area contributed by atoms with Crippen LogP contribution in [0, 0.1) is 6.92 Å². The molecule has 1 fully saturated rings. The van der Waals surface area contributed by atoms with E-state index in [4.69, 9.17) is 16.3 Å². The van der Waals surface area contributed by atoms with Crippen LogP contribution in [0.5, 0.6) is 0 Å². The zero-order valence-corrected chi connectivity index (χ0v) is 17.8. The fourth-order valence-corrected chi connectivity index (χ4v) is 4.70. The number of nitrogens with two attached hydrogens (primary N) is 1. The van der Waals surface area contributed by atoms with Crippen molar-refractivity contribution in [3.8, 4) is 0 Å². The summed E-state index contributed by atoms with van der Waals surface area (Å²) < 4.78 is 32.3. The standard InChI is InChI=1S/C20H24ClN3O4S/c1-15-6-7-17(29(26,27)24-8-10-28-11-9-24)12-19(15)23-20(25)14-22-13-16-4-2-3-5-18(16)21/h2-7,12,22H,8-11,13-14H2,1H3,(H,23,25)/p+1. The van der Waals surface area contributed by atoms with E-state index >= 15 is 0 Å². The number of amides is 1. The Hall–Kier alpha value is -1.97. The van der Waals surface area contributed by atoms with Gasteiger partial charge in [-0.25, -0.2) is 8.42 Å². The molecule has 9 heteroatoms. The number of quaternary nitrogens is 1. The van der Waals surface area contributed by atoms with Gasteiger partial charge in [-0.15, -0.1) is 0 Å². The van der Waals surface area contributed by atoms with Crippen LogP contribution in [0.4, 0.5) is 5.69 Å². The highest BCUT2D eigenvalue weighted by Crippen LogP contribution is 2.23. The van der Waals surface area contributed by atoms with E-state index in [1.807, 2.05) is 36.5 Å². The van der Waals surface area contributed by atoms with Gasteiger partial charge in [-0.1, -0.05) is 35.9 Å². The molecule has 0 aromatic heterocycles. The largest absolute Gasteiger partial charge is 0.379 e. The monoisotopic (exact) mass is 438 g/mol. The van der Waals surface area contributed by atoms with Crippen LogP contribution in [0.3, 0.4) is 0 Å². The van der Waals surface area contributed by atoms with Gasteiger partial charge in [-0.3, -0.25) is 4.79 Å². The number of hydrogen-bond acceptors (Lipinski definition) is 4. The molecule has 2 aromatic rings. The van der Waals surface area contributed by atoms with Crippen molar-refractivity contribution in [1.29, 1.82) is 0 Å². The van der Waals surface area contributed by atoms with Crippen LogP contribution >= 0.6 is 11.6 Å². The quantitative estimate of drug-likeness (QED) is 0.683. The number of hydrogen-bond donors (Lipinski definition) is 2. The zero-order valence-electron chi connectivity index (χ0n) is 16.2. The molecule has 0 aliphatic carbocycles. The molecular weight excluding hydrogens is 414 g/mol. The topological polar surface area (TPSA) is 92.3 Å². The van der Waals surface area contributed by atoms with Crippen molar-refractivity contribution in [3.63, 3.8) is 0 Å². The van der Waals surface area contributed by atoms with Crippen LogP contribution in [0.1, 0.15) is 11.1 Å². The van der Waals surface area contributed by atoms with Crippen LogP contribution < -0.4 is 10.6 Å². The number of nitrogens with zero attached hydrogens (tertiary/aromatic N) is 1. The number of anilines is 1. The first-order valence-electron chi connectivity index (χ1n) is 9.41. The van der Waals surface area contributed by atoms with Crippen molar-refractivity contribution in [3.05, 3.63) is 58.6 Å². The Kier molecular flexibility index (Phi) is 7.26. The molecule has 1 aliphatic heterocycles. The van der Waals surface area contributed by atoms with E-state index < -0.39 is 10.0 Å². The Balaban J connectivity index is 1.63. The number of benzene rings is 2. The average molecular weight is 439 g/mol. The normalized spacial score (nSPS) is 15.2. The van der Waals surface area contributed by atoms with Gasteiger partial charge in [0, 0.05) is 29.4 Å². The first-order chi connectivity index (χ1) is 13.9. The summed E-state index contributed by atoms with van der Waals surface area (Å²) in [6, 6.07) is 12.3. The first-order valence-corrected chi connectivity index (χ1v) is 11.2. The van der Waals surface area contributed by atoms with Crippen LogP contribution in [-0.4, -0.2) is 51.5 Å². The lowest BCUT2D eigenvalue weighted by atomic mass is 10.2. The van der Waals surface area contributed by atoms with Crippen LogP contribution in [-0.2, 0) is 26.1 Å². The summed E-state index contributed by atoms with van der Waals surface area (Å²) in [6.07, 6.45) is 0.